The van der Waals surface area contributed by atoms with Crippen LogP contribution in [0.5, 0.6) is 11.5 Å². The second-order valence-electron chi connectivity index (χ2n) is 4.62. The first-order valence-corrected chi connectivity index (χ1v) is 6.53. The van der Waals surface area contributed by atoms with Crippen molar-refractivity contribution in [1.82, 2.24) is 5.32 Å². The lowest BCUT2D eigenvalue weighted by atomic mass is 9.97. The van der Waals surface area contributed by atoms with Gasteiger partial charge in [-0.1, -0.05) is 24.1 Å². The zero-order chi connectivity index (χ0) is 11.7. The Balaban J connectivity index is 1.81. The molecule has 3 rings (SSSR count). The largest absolute Gasteiger partial charge is 0.453 e. The van der Waals surface area contributed by atoms with Crippen LogP contribution in [0.2, 0.25) is 5.02 Å². The van der Waals surface area contributed by atoms with E-state index in [2.05, 4.69) is 5.32 Å². The number of hydrogen-bond donors (Lipinski definition) is 1. The van der Waals surface area contributed by atoms with E-state index < -0.39 is 0 Å². The number of ether oxygens (including phenoxy) is 2. The third-order valence-corrected chi connectivity index (χ3v) is 3.73. The summed E-state index contributed by atoms with van der Waals surface area (Å²) in [6.45, 7) is 1.40. The van der Waals surface area contributed by atoms with Gasteiger partial charge in [0.15, 0.2) is 11.5 Å². The van der Waals surface area contributed by atoms with Crippen LogP contribution in [-0.2, 0) is 6.42 Å². The highest BCUT2D eigenvalue weighted by Gasteiger charge is 2.23. The smallest absolute Gasteiger partial charge is 0.231 e. The quantitative estimate of drug-likeness (QED) is 0.879. The topological polar surface area (TPSA) is 30.5 Å². The molecule has 1 fully saturated rings. The Bertz CT molecular complexity index is 416. The molecule has 1 N–H and O–H groups in total. The summed E-state index contributed by atoms with van der Waals surface area (Å²) in [5.74, 6) is 1.55. The van der Waals surface area contributed by atoms with Gasteiger partial charge in [0, 0.05) is 6.04 Å². The van der Waals surface area contributed by atoms with Crippen molar-refractivity contribution >= 4 is 11.6 Å². The number of fused-ring (bicyclic) bond motifs is 1. The molecule has 17 heavy (non-hydrogen) atoms. The number of piperidine rings is 1. The minimum absolute atomic E-state index is 0.282. The van der Waals surface area contributed by atoms with Gasteiger partial charge in [-0.3, -0.25) is 0 Å². The van der Waals surface area contributed by atoms with E-state index in [1.807, 2.05) is 12.1 Å². The van der Waals surface area contributed by atoms with Crippen LogP contribution in [0.4, 0.5) is 0 Å². The normalized spacial score (nSPS) is 22.8. The van der Waals surface area contributed by atoms with Gasteiger partial charge in [0.1, 0.15) is 0 Å². The molecule has 1 unspecified atom stereocenters. The lowest BCUT2D eigenvalue weighted by Crippen LogP contribution is -2.35. The number of benzene rings is 1. The SMILES string of the molecule is Clc1ccc(CC2CCCCN2)c2c1OCO2. The van der Waals surface area contributed by atoms with Crippen LogP contribution in [0.25, 0.3) is 0 Å². The highest BCUT2D eigenvalue weighted by atomic mass is 35.5. The van der Waals surface area contributed by atoms with Crippen molar-refractivity contribution in [3.63, 3.8) is 0 Å². The van der Waals surface area contributed by atoms with Gasteiger partial charge >= 0.3 is 0 Å². The van der Waals surface area contributed by atoms with E-state index in [-0.39, 0.29) is 6.79 Å². The fourth-order valence-corrected chi connectivity index (χ4v) is 2.75. The van der Waals surface area contributed by atoms with Crippen molar-refractivity contribution in [3.05, 3.63) is 22.7 Å². The zero-order valence-electron chi connectivity index (χ0n) is 9.67. The summed E-state index contributed by atoms with van der Waals surface area (Å²) in [5, 5.41) is 4.18. The molecule has 0 aliphatic carbocycles. The van der Waals surface area contributed by atoms with Crippen LogP contribution in [-0.4, -0.2) is 19.4 Å². The van der Waals surface area contributed by atoms with Crippen molar-refractivity contribution in [3.8, 4) is 11.5 Å². The Morgan fingerprint density at radius 3 is 2.94 bits per heavy atom. The van der Waals surface area contributed by atoms with E-state index in [1.165, 1.54) is 24.8 Å². The molecule has 1 aromatic rings. The third kappa shape index (κ3) is 2.22. The molecule has 92 valence electrons. The molecule has 0 bridgehead atoms. The van der Waals surface area contributed by atoms with E-state index >= 15 is 0 Å². The molecule has 1 saturated heterocycles. The summed E-state index contributed by atoms with van der Waals surface area (Å²) < 4.78 is 10.9. The average Bonchev–Trinajstić information content (AvgIpc) is 2.84. The van der Waals surface area contributed by atoms with Crippen LogP contribution >= 0.6 is 11.6 Å². The van der Waals surface area contributed by atoms with Crippen molar-refractivity contribution in [2.24, 2.45) is 0 Å². The van der Waals surface area contributed by atoms with E-state index in [1.54, 1.807) is 0 Å². The number of halogens is 1. The fourth-order valence-electron chi connectivity index (χ4n) is 2.54. The Morgan fingerprint density at radius 1 is 1.24 bits per heavy atom. The number of nitrogens with one attached hydrogen (secondary N) is 1. The van der Waals surface area contributed by atoms with E-state index in [9.17, 15) is 0 Å². The first-order valence-electron chi connectivity index (χ1n) is 6.15. The predicted molar refractivity (Wildman–Crippen MR) is 66.9 cm³/mol. The van der Waals surface area contributed by atoms with E-state index in [0.717, 1.165) is 18.7 Å². The summed E-state index contributed by atoms with van der Waals surface area (Å²) in [5.41, 5.74) is 1.20. The number of hydrogen-bond acceptors (Lipinski definition) is 3. The second-order valence-corrected chi connectivity index (χ2v) is 5.03. The molecule has 2 aliphatic rings. The van der Waals surface area contributed by atoms with Crippen molar-refractivity contribution in [1.29, 1.82) is 0 Å². The summed E-state index contributed by atoms with van der Waals surface area (Å²) in [6.07, 6.45) is 4.82. The molecule has 0 spiro atoms. The van der Waals surface area contributed by atoms with Crippen LogP contribution < -0.4 is 14.8 Å². The highest BCUT2D eigenvalue weighted by Crippen LogP contribution is 2.42. The maximum absolute atomic E-state index is 6.06. The monoisotopic (exact) mass is 253 g/mol. The molecule has 2 aliphatic heterocycles. The molecule has 3 nitrogen and oxygen atoms in total. The van der Waals surface area contributed by atoms with Crippen LogP contribution in [0.3, 0.4) is 0 Å². The molecule has 4 heteroatoms. The zero-order valence-corrected chi connectivity index (χ0v) is 10.4. The van der Waals surface area contributed by atoms with Gasteiger partial charge in [-0.2, -0.15) is 0 Å². The predicted octanol–water partition coefficient (Wildman–Crippen LogP) is 2.75. The van der Waals surface area contributed by atoms with Gasteiger partial charge in [-0.15, -0.1) is 0 Å². The van der Waals surface area contributed by atoms with Gasteiger partial charge in [0.2, 0.25) is 6.79 Å². The van der Waals surface area contributed by atoms with Gasteiger partial charge < -0.3 is 14.8 Å². The molecule has 1 aromatic carbocycles. The Labute approximate surface area is 106 Å². The Morgan fingerprint density at radius 2 is 2.12 bits per heavy atom. The minimum Gasteiger partial charge on any atom is -0.453 e. The molecule has 1 atom stereocenters. The fraction of sp³-hybridized carbons (Fsp3) is 0.538. The molecular weight excluding hydrogens is 238 g/mol. The summed E-state index contributed by atoms with van der Waals surface area (Å²) in [4.78, 5) is 0. The van der Waals surface area contributed by atoms with Gasteiger partial charge in [0.25, 0.3) is 0 Å². The molecule has 0 amide bonds. The Hall–Kier alpha value is -0.930. The summed E-state index contributed by atoms with van der Waals surface area (Å²) in [7, 11) is 0. The van der Waals surface area contributed by atoms with Gasteiger partial charge in [-0.25, -0.2) is 0 Å². The van der Waals surface area contributed by atoms with E-state index in [4.69, 9.17) is 21.1 Å². The molecule has 0 saturated carbocycles. The molecular formula is C13H16ClNO2. The lowest BCUT2D eigenvalue weighted by Gasteiger charge is -2.23. The summed E-state index contributed by atoms with van der Waals surface area (Å²) in [6, 6.07) is 4.50. The highest BCUT2D eigenvalue weighted by molar-refractivity contribution is 6.32. The van der Waals surface area contributed by atoms with Gasteiger partial charge in [-0.05, 0) is 37.4 Å². The minimum atomic E-state index is 0.282. The van der Waals surface area contributed by atoms with Gasteiger partial charge in [0.05, 0.1) is 5.02 Å². The maximum Gasteiger partial charge on any atom is 0.231 e. The first kappa shape index (κ1) is 11.2. The molecule has 0 aromatic heterocycles. The maximum atomic E-state index is 6.06. The van der Waals surface area contributed by atoms with Crippen molar-refractivity contribution in [2.75, 3.05) is 13.3 Å². The molecule has 0 radical (unpaired) electrons. The van der Waals surface area contributed by atoms with Crippen LogP contribution in [0.15, 0.2) is 12.1 Å². The molecule has 2 heterocycles. The van der Waals surface area contributed by atoms with Crippen molar-refractivity contribution < 1.29 is 9.47 Å². The van der Waals surface area contributed by atoms with Crippen LogP contribution in [0.1, 0.15) is 24.8 Å². The van der Waals surface area contributed by atoms with Crippen molar-refractivity contribution in [2.45, 2.75) is 31.7 Å². The van der Waals surface area contributed by atoms with E-state index in [0.29, 0.717) is 16.8 Å². The Kier molecular flexibility index (Phi) is 3.12. The second kappa shape index (κ2) is 4.75. The first-order chi connectivity index (χ1) is 8.34. The lowest BCUT2D eigenvalue weighted by molar-refractivity contribution is 0.173. The standard InChI is InChI=1S/C13H16ClNO2/c14-11-5-4-9(12-13(11)17-8-16-12)7-10-3-1-2-6-15-10/h4-5,10,15H,1-3,6-8H2. The average molecular weight is 254 g/mol. The van der Waals surface area contributed by atoms with Crippen LogP contribution in [0, 0.1) is 0 Å². The number of rotatable bonds is 2. The third-order valence-electron chi connectivity index (χ3n) is 3.43. The summed E-state index contributed by atoms with van der Waals surface area (Å²) >= 11 is 6.06.